The first kappa shape index (κ1) is 22.2. The number of primary amides is 1. The van der Waals surface area contributed by atoms with E-state index < -0.39 is 5.91 Å². The second-order valence-electron chi connectivity index (χ2n) is 10.5. The quantitative estimate of drug-likeness (QED) is 0.697. The maximum Gasteiger partial charge on any atom is 0.250 e. The molecule has 0 unspecified atom stereocenters. The van der Waals surface area contributed by atoms with E-state index >= 15 is 0 Å². The van der Waals surface area contributed by atoms with Crippen LogP contribution in [-0.2, 0) is 17.6 Å². The summed E-state index contributed by atoms with van der Waals surface area (Å²) < 4.78 is 8.03. The molecule has 1 atom stereocenters. The first-order chi connectivity index (χ1) is 15.7. The van der Waals surface area contributed by atoms with Crippen molar-refractivity contribution in [3.05, 3.63) is 46.3 Å². The minimum absolute atomic E-state index is 0.0788. The molecule has 1 aromatic heterocycles. The van der Waals surface area contributed by atoms with Crippen LogP contribution < -0.4 is 11.1 Å². The van der Waals surface area contributed by atoms with Crippen molar-refractivity contribution in [3.8, 4) is 5.69 Å². The van der Waals surface area contributed by atoms with Gasteiger partial charge < -0.3 is 20.4 Å². The van der Waals surface area contributed by atoms with Gasteiger partial charge >= 0.3 is 0 Å². The normalized spacial score (nSPS) is 22.8. The van der Waals surface area contributed by atoms with Crippen LogP contribution >= 0.6 is 0 Å². The third-order valence-corrected chi connectivity index (χ3v) is 7.46. The van der Waals surface area contributed by atoms with Gasteiger partial charge in [0.2, 0.25) is 0 Å². The summed E-state index contributed by atoms with van der Waals surface area (Å²) in [5.74, 6) is -0.210. The number of nitrogens with two attached hydrogens (primary N) is 1. The van der Waals surface area contributed by atoms with Crippen LogP contribution in [0.1, 0.15) is 64.4 Å². The highest BCUT2D eigenvalue weighted by Crippen LogP contribution is 2.40. The van der Waals surface area contributed by atoms with Gasteiger partial charge in [-0.2, -0.15) is 0 Å². The summed E-state index contributed by atoms with van der Waals surface area (Å²) in [6, 6.07) is 6.03. The van der Waals surface area contributed by atoms with Crippen LogP contribution in [0, 0.1) is 12.3 Å². The summed E-state index contributed by atoms with van der Waals surface area (Å²) in [5, 5.41) is 3.49. The molecule has 0 saturated carbocycles. The lowest BCUT2D eigenvalue weighted by Gasteiger charge is -2.36. The Labute approximate surface area is 195 Å². The molecule has 1 fully saturated rings. The van der Waals surface area contributed by atoms with Gasteiger partial charge in [-0.15, -0.1) is 0 Å². The van der Waals surface area contributed by atoms with E-state index in [1.807, 2.05) is 18.2 Å². The molecule has 2 aliphatic heterocycles. The first-order valence-corrected chi connectivity index (χ1v) is 12.0. The maximum atomic E-state index is 13.2. The van der Waals surface area contributed by atoms with Gasteiger partial charge in [0.25, 0.3) is 5.91 Å². The molecule has 2 aromatic rings. The Hall–Kier alpha value is -2.64. The molecule has 0 spiro atoms. The molecule has 3 N–H and O–H groups in total. The number of nitrogens with one attached hydrogen (secondary N) is 1. The highest BCUT2D eigenvalue weighted by Gasteiger charge is 2.37. The molecule has 3 aliphatic rings. The standard InChI is InChI=1S/C26H34N4O3/c1-16-21-5-4-8-29-9-10-33-15-18(29)14-28-20-11-17(6-7-19(20)25(27)32)30(21)22-12-26(2,3)13-23(31)24(16)22/h6-7,11,18,28H,4-5,8-10,12-15H2,1-3H3,(H2,27,32)/t18-/m0/s1. The number of fused-ring (bicyclic) bond motifs is 7. The minimum Gasteiger partial charge on any atom is -0.383 e. The zero-order valence-electron chi connectivity index (χ0n) is 19.9. The topological polar surface area (TPSA) is 89.6 Å². The summed E-state index contributed by atoms with van der Waals surface area (Å²) in [6.07, 6.45) is 3.34. The predicted octanol–water partition coefficient (Wildman–Crippen LogP) is 3.10. The highest BCUT2D eigenvalue weighted by molar-refractivity contribution is 6.01. The van der Waals surface area contributed by atoms with E-state index in [9.17, 15) is 9.59 Å². The number of ketones is 1. The fourth-order valence-electron chi connectivity index (χ4n) is 5.87. The van der Waals surface area contributed by atoms with Crippen molar-refractivity contribution >= 4 is 17.4 Å². The Balaban J connectivity index is 1.68. The number of carbonyl (C=O) groups excluding carboxylic acids is 2. The van der Waals surface area contributed by atoms with Crippen LogP contribution in [0.5, 0.6) is 0 Å². The third-order valence-electron chi connectivity index (χ3n) is 7.46. The van der Waals surface area contributed by atoms with E-state index in [0.29, 0.717) is 25.1 Å². The molecular weight excluding hydrogens is 416 g/mol. The number of ether oxygens (including phenoxy) is 1. The lowest BCUT2D eigenvalue weighted by atomic mass is 9.75. The van der Waals surface area contributed by atoms with Crippen molar-refractivity contribution in [2.75, 3.05) is 38.2 Å². The number of hydrogen-bond donors (Lipinski definition) is 2. The summed E-state index contributed by atoms with van der Waals surface area (Å²) in [5.41, 5.74) is 12.1. The zero-order valence-corrected chi connectivity index (χ0v) is 19.9. The largest absolute Gasteiger partial charge is 0.383 e. The number of nitrogens with zero attached hydrogens (tertiary/aromatic N) is 2. The smallest absolute Gasteiger partial charge is 0.250 e. The summed E-state index contributed by atoms with van der Waals surface area (Å²) in [6.45, 7) is 10.4. The zero-order chi connectivity index (χ0) is 23.3. The van der Waals surface area contributed by atoms with E-state index in [2.05, 4.69) is 35.6 Å². The first-order valence-electron chi connectivity index (χ1n) is 12.0. The van der Waals surface area contributed by atoms with Crippen LogP contribution in [0.4, 0.5) is 5.69 Å². The number of hydrogen-bond acceptors (Lipinski definition) is 5. The lowest BCUT2D eigenvalue weighted by molar-refractivity contribution is -0.00273. The summed E-state index contributed by atoms with van der Waals surface area (Å²) in [7, 11) is 0. The number of benzene rings is 1. The Kier molecular flexibility index (Phi) is 5.57. The molecule has 1 aromatic carbocycles. The van der Waals surface area contributed by atoms with E-state index in [1.165, 1.54) is 5.69 Å². The van der Waals surface area contributed by atoms with Crippen LogP contribution in [-0.4, -0.2) is 60.0 Å². The van der Waals surface area contributed by atoms with Crippen molar-refractivity contribution in [2.24, 2.45) is 11.1 Å². The molecule has 2 bridgehead atoms. The van der Waals surface area contributed by atoms with Gasteiger partial charge in [-0.05, 0) is 61.9 Å². The number of anilines is 1. The maximum absolute atomic E-state index is 13.2. The summed E-state index contributed by atoms with van der Waals surface area (Å²) in [4.78, 5) is 27.9. The van der Waals surface area contributed by atoms with E-state index in [4.69, 9.17) is 10.5 Å². The lowest BCUT2D eigenvalue weighted by Crippen LogP contribution is -2.49. The number of carbonyl (C=O) groups is 2. The SMILES string of the molecule is Cc1c2c(n3c1CCCN1CCOC[C@@H]1CNc1cc-3ccc1C(N)=O)CC(C)(C)CC2=O. The Morgan fingerprint density at radius 3 is 2.82 bits per heavy atom. The van der Waals surface area contributed by atoms with Crippen LogP contribution in [0.25, 0.3) is 5.69 Å². The number of aromatic nitrogens is 1. The van der Waals surface area contributed by atoms with Crippen LogP contribution in [0.2, 0.25) is 0 Å². The van der Waals surface area contributed by atoms with Gasteiger partial charge in [0.05, 0.1) is 24.8 Å². The molecule has 7 heteroatoms. The van der Waals surface area contributed by atoms with Gasteiger partial charge in [-0.1, -0.05) is 13.8 Å². The molecule has 176 valence electrons. The number of amides is 1. The molecule has 33 heavy (non-hydrogen) atoms. The predicted molar refractivity (Wildman–Crippen MR) is 128 cm³/mol. The van der Waals surface area contributed by atoms with Gasteiger partial charge in [0.15, 0.2) is 5.78 Å². The molecule has 0 radical (unpaired) electrons. The average Bonchev–Trinajstić information content (AvgIpc) is 3.02. The van der Waals surface area contributed by atoms with Crippen molar-refractivity contribution < 1.29 is 14.3 Å². The van der Waals surface area contributed by atoms with E-state index in [1.54, 1.807) is 0 Å². The van der Waals surface area contributed by atoms with Crippen molar-refractivity contribution in [1.29, 1.82) is 0 Å². The van der Waals surface area contributed by atoms with Crippen molar-refractivity contribution in [1.82, 2.24) is 9.47 Å². The number of morpholine rings is 1. The van der Waals surface area contributed by atoms with Gasteiger partial charge in [0, 0.05) is 47.8 Å². The van der Waals surface area contributed by atoms with Crippen LogP contribution in [0.15, 0.2) is 18.2 Å². The van der Waals surface area contributed by atoms with Crippen LogP contribution in [0.3, 0.4) is 0 Å². The Morgan fingerprint density at radius 2 is 2.03 bits per heavy atom. The number of rotatable bonds is 1. The molecule has 1 saturated heterocycles. The fraction of sp³-hybridized carbons (Fsp3) is 0.538. The highest BCUT2D eigenvalue weighted by atomic mass is 16.5. The van der Waals surface area contributed by atoms with Crippen molar-refractivity contribution in [2.45, 2.75) is 52.5 Å². The molecule has 1 amide bonds. The average molecular weight is 451 g/mol. The monoisotopic (exact) mass is 450 g/mol. The van der Waals surface area contributed by atoms with Gasteiger partial charge in [-0.25, -0.2) is 0 Å². The second-order valence-corrected chi connectivity index (χ2v) is 10.5. The third kappa shape index (κ3) is 3.97. The molecule has 5 rings (SSSR count). The summed E-state index contributed by atoms with van der Waals surface area (Å²) >= 11 is 0. The molecular formula is C26H34N4O3. The molecule has 7 nitrogen and oxygen atoms in total. The fourth-order valence-corrected chi connectivity index (χ4v) is 5.87. The van der Waals surface area contributed by atoms with E-state index in [-0.39, 0.29) is 17.2 Å². The Morgan fingerprint density at radius 1 is 1.21 bits per heavy atom. The minimum atomic E-state index is -0.449. The molecule has 1 aliphatic carbocycles. The number of Topliss-reactive ketones (excluding diaryl/α,β-unsaturated/α-hetero) is 1. The van der Waals surface area contributed by atoms with Gasteiger partial charge in [0.1, 0.15) is 0 Å². The van der Waals surface area contributed by atoms with Gasteiger partial charge in [-0.3, -0.25) is 14.5 Å². The van der Waals surface area contributed by atoms with Crippen molar-refractivity contribution in [3.63, 3.8) is 0 Å². The Bertz CT molecular complexity index is 1120. The van der Waals surface area contributed by atoms with E-state index in [0.717, 1.165) is 67.2 Å². The molecule has 3 heterocycles. The second kappa shape index (κ2) is 8.29.